The second-order valence-corrected chi connectivity index (χ2v) is 12.2. The number of aromatic hydroxyl groups is 1. The normalized spacial score (nSPS) is 14.6. The number of hydrogen-bond donors (Lipinski definition) is 1. The number of hydrogen-bond acceptors (Lipinski definition) is 5. The van der Waals surface area contributed by atoms with E-state index in [-0.39, 0.29) is 17.7 Å². The lowest BCUT2D eigenvalue weighted by Crippen LogP contribution is -2.33. The molecule has 7 rings (SSSR count). The van der Waals surface area contributed by atoms with E-state index in [9.17, 15) is 5.11 Å². The molecule has 1 aliphatic rings. The number of phenolic OH excluding ortho intramolecular Hbond substituents is 1. The minimum absolute atomic E-state index is 0.0193. The predicted molar refractivity (Wildman–Crippen MR) is 188 cm³/mol. The molecule has 1 aromatic heterocycles. The Morgan fingerprint density at radius 3 is 2.04 bits per heavy atom. The van der Waals surface area contributed by atoms with Crippen molar-refractivity contribution in [2.75, 3.05) is 11.4 Å². The van der Waals surface area contributed by atoms with Gasteiger partial charge in [-0.25, -0.2) is 4.98 Å². The number of amidine groups is 1. The molecule has 0 saturated carbocycles. The van der Waals surface area contributed by atoms with E-state index in [1.54, 1.807) is 6.07 Å². The summed E-state index contributed by atoms with van der Waals surface area (Å²) in [6.07, 6.45) is 0. The van der Waals surface area contributed by atoms with Crippen LogP contribution in [-0.4, -0.2) is 28.5 Å². The van der Waals surface area contributed by atoms with Crippen LogP contribution in [0.5, 0.6) is 17.4 Å². The van der Waals surface area contributed by atoms with Gasteiger partial charge in [0.15, 0.2) is 0 Å². The summed E-state index contributed by atoms with van der Waals surface area (Å²) in [5, 5.41) is 11.2. The third kappa shape index (κ3) is 5.49. The highest BCUT2D eigenvalue weighted by Crippen LogP contribution is 2.39. The molecule has 6 aromatic rings. The lowest BCUT2D eigenvalue weighted by molar-refractivity contribution is 0.460. The maximum absolute atomic E-state index is 10.4. The number of ether oxygens (including phenoxy) is 1. The number of para-hydroxylation sites is 1. The maximum Gasteiger partial charge on any atom is 0.219 e. The summed E-state index contributed by atoms with van der Waals surface area (Å²) in [5.41, 5.74) is 10.3. The number of aryl methyl sites for hydroxylation is 2. The van der Waals surface area contributed by atoms with Crippen molar-refractivity contribution in [1.29, 1.82) is 0 Å². The largest absolute Gasteiger partial charge is 0.506 e. The second-order valence-electron chi connectivity index (χ2n) is 12.2. The number of aliphatic imine (C=N–C) groups is 1. The number of phenols is 1. The van der Waals surface area contributed by atoms with Gasteiger partial charge < -0.3 is 14.7 Å². The molecule has 5 heteroatoms. The van der Waals surface area contributed by atoms with Crippen LogP contribution in [-0.2, 0) is 0 Å². The van der Waals surface area contributed by atoms with Crippen LogP contribution in [0, 0.1) is 27.7 Å². The number of benzene rings is 5. The molecule has 0 aliphatic carbocycles. The van der Waals surface area contributed by atoms with E-state index in [1.807, 2.05) is 42.5 Å². The first-order chi connectivity index (χ1) is 22.4. The zero-order valence-corrected chi connectivity index (χ0v) is 26.6. The summed E-state index contributed by atoms with van der Waals surface area (Å²) in [7, 11) is 0. The van der Waals surface area contributed by atoms with Crippen LogP contribution < -0.4 is 9.64 Å². The average molecular weight is 604 g/mol. The number of rotatable bonds is 7. The van der Waals surface area contributed by atoms with Crippen LogP contribution in [0.25, 0.3) is 10.9 Å². The molecular formula is C41H37N3O2. The molecule has 1 N–H and O–H groups in total. The Hall–Kier alpha value is -5.42. The Balaban J connectivity index is 1.34. The molecule has 2 heterocycles. The van der Waals surface area contributed by atoms with Crippen molar-refractivity contribution in [1.82, 2.24) is 4.98 Å². The van der Waals surface area contributed by atoms with Crippen molar-refractivity contribution in [3.05, 3.63) is 160 Å². The van der Waals surface area contributed by atoms with Crippen molar-refractivity contribution in [3.8, 4) is 17.4 Å². The summed E-state index contributed by atoms with van der Waals surface area (Å²) < 4.78 is 6.29. The van der Waals surface area contributed by atoms with Gasteiger partial charge in [0.05, 0.1) is 6.04 Å². The van der Waals surface area contributed by atoms with Gasteiger partial charge in [0, 0.05) is 35.2 Å². The molecule has 1 aliphatic heterocycles. The van der Waals surface area contributed by atoms with Crippen LogP contribution >= 0.6 is 0 Å². The van der Waals surface area contributed by atoms with Gasteiger partial charge in [-0.1, -0.05) is 91.0 Å². The Kier molecular flexibility index (Phi) is 7.75. The zero-order valence-electron chi connectivity index (χ0n) is 26.6. The molecule has 0 fully saturated rings. The molecule has 0 bridgehead atoms. The predicted octanol–water partition coefficient (Wildman–Crippen LogP) is 9.43. The molecule has 1 atom stereocenters. The van der Waals surface area contributed by atoms with E-state index >= 15 is 0 Å². The van der Waals surface area contributed by atoms with E-state index in [0.717, 1.165) is 23.3 Å². The van der Waals surface area contributed by atoms with Crippen LogP contribution in [0.2, 0.25) is 0 Å². The molecule has 0 radical (unpaired) electrons. The second kappa shape index (κ2) is 12.2. The highest BCUT2D eigenvalue weighted by Gasteiger charge is 2.36. The lowest BCUT2D eigenvalue weighted by atomic mass is 9.85. The Morgan fingerprint density at radius 2 is 1.37 bits per heavy atom. The van der Waals surface area contributed by atoms with Gasteiger partial charge in [-0.15, -0.1) is 0 Å². The SMILES string of the molecule is Cc1cc(C)c(C)c(N2C[C@H](C(c3ccccc3)c3ccccc3)N=C2c2cccc(Oc3ccc4cccc(O)c4n3)c2)c1C. The number of anilines is 1. The van der Waals surface area contributed by atoms with Crippen LogP contribution in [0.4, 0.5) is 5.69 Å². The van der Waals surface area contributed by atoms with E-state index in [4.69, 9.17) is 9.73 Å². The number of pyridine rings is 1. The quantitative estimate of drug-likeness (QED) is 0.197. The summed E-state index contributed by atoms with van der Waals surface area (Å²) in [4.78, 5) is 12.6. The molecular weight excluding hydrogens is 566 g/mol. The van der Waals surface area contributed by atoms with Gasteiger partial charge in [-0.3, -0.25) is 4.99 Å². The zero-order chi connectivity index (χ0) is 31.8. The molecule has 0 amide bonds. The average Bonchev–Trinajstić information content (AvgIpc) is 3.50. The van der Waals surface area contributed by atoms with Crippen LogP contribution in [0.15, 0.2) is 126 Å². The molecule has 0 unspecified atom stereocenters. The monoisotopic (exact) mass is 603 g/mol. The molecule has 0 saturated heterocycles. The Morgan fingerprint density at radius 1 is 0.717 bits per heavy atom. The molecule has 5 aromatic carbocycles. The van der Waals surface area contributed by atoms with Gasteiger partial charge in [0.25, 0.3) is 0 Å². The van der Waals surface area contributed by atoms with Crippen molar-refractivity contribution in [2.24, 2.45) is 4.99 Å². The van der Waals surface area contributed by atoms with Gasteiger partial charge in [0.1, 0.15) is 22.9 Å². The van der Waals surface area contributed by atoms with Crippen molar-refractivity contribution in [3.63, 3.8) is 0 Å². The third-order valence-corrected chi connectivity index (χ3v) is 9.20. The summed E-state index contributed by atoms with van der Waals surface area (Å²) >= 11 is 0. The van der Waals surface area contributed by atoms with E-state index in [1.165, 1.54) is 39.1 Å². The Bertz CT molecular complexity index is 2010. The first kappa shape index (κ1) is 29.3. The molecule has 0 spiro atoms. The smallest absolute Gasteiger partial charge is 0.219 e. The van der Waals surface area contributed by atoms with E-state index in [0.29, 0.717) is 17.1 Å². The van der Waals surface area contributed by atoms with Crippen molar-refractivity contribution >= 4 is 22.4 Å². The summed E-state index contributed by atoms with van der Waals surface area (Å²) in [6.45, 7) is 9.55. The third-order valence-electron chi connectivity index (χ3n) is 9.20. The standard InChI is InChI=1S/C41H37N3O2/c1-26-23-27(2)29(4)40(28(26)3)44-25-35(38(30-13-7-5-8-14-30)31-15-9-6-10-16-31)42-41(44)33-18-11-19-34(24-33)46-37-22-21-32-17-12-20-36(45)39(32)43-37/h5-24,35,38,45H,25H2,1-4H3/t35-/m1/s1. The molecule has 5 nitrogen and oxygen atoms in total. The highest BCUT2D eigenvalue weighted by atomic mass is 16.5. The Labute approximate surface area is 270 Å². The van der Waals surface area contributed by atoms with Crippen molar-refractivity contribution in [2.45, 2.75) is 39.7 Å². The molecule has 46 heavy (non-hydrogen) atoms. The number of fused-ring (bicyclic) bond motifs is 1. The fourth-order valence-electron chi connectivity index (χ4n) is 6.70. The van der Waals surface area contributed by atoms with Gasteiger partial charge >= 0.3 is 0 Å². The van der Waals surface area contributed by atoms with Gasteiger partial charge in [0.2, 0.25) is 5.88 Å². The topological polar surface area (TPSA) is 58.0 Å². The van der Waals surface area contributed by atoms with Gasteiger partial charge in [-0.2, -0.15) is 0 Å². The number of nitrogens with zero attached hydrogens (tertiary/aromatic N) is 3. The fourth-order valence-corrected chi connectivity index (χ4v) is 6.70. The summed E-state index contributed by atoms with van der Waals surface area (Å²) in [6, 6.07) is 40.9. The lowest BCUT2D eigenvalue weighted by Gasteiger charge is -2.29. The fraction of sp³-hybridized carbons (Fsp3) is 0.171. The van der Waals surface area contributed by atoms with Crippen molar-refractivity contribution < 1.29 is 9.84 Å². The first-order valence-electron chi connectivity index (χ1n) is 15.8. The molecule has 228 valence electrons. The number of aromatic nitrogens is 1. The minimum atomic E-state index is -0.0193. The van der Waals surface area contributed by atoms with Crippen LogP contribution in [0.3, 0.4) is 0 Å². The summed E-state index contributed by atoms with van der Waals surface area (Å²) in [5.74, 6) is 2.21. The van der Waals surface area contributed by atoms with E-state index < -0.39 is 0 Å². The van der Waals surface area contributed by atoms with Crippen LogP contribution in [0.1, 0.15) is 44.9 Å². The van der Waals surface area contributed by atoms with Gasteiger partial charge in [-0.05, 0) is 85.3 Å². The first-order valence-corrected chi connectivity index (χ1v) is 15.8. The van der Waals surface area contributed by atoms with E-state index in [2.05, 4.69) is 110 Å². The maximum atomic E-state index is 10.4. The minimum Gasteiger partial charge on any atom is -0.506 e. The highest BCUT2D eigenvalue weighted by molar-refractivity contribution is 6.12.